The van der Waals surface area contributed by atoms with Gasteiger partial charge < -0.3 is 5.32 Å². The average Bonchev–Trinajstić information content (AvgIpc) is 3.37. The highest BCUT2D eigenvalue weighted by atomic mass is 32.2. The van der Waals surface area contributed by atoms with Crippen LogP contribution < -0.4 is 5.32 Å². The number of rotatable bonds is 8. The van der Waals surface area contributed by atoms with Gasteiger partial charge in [-0.05, 0) is 42.9 Å². The maximum Gasteiger partial charge on any atom is 0.252 e. The molecule has 1 aliphatic heterocycles. The normalized spacial score (nSPS) is 16.5. The van der Waals surface area contributed by atoms with E-state index in [1.165, 1.54) is 25.5 Å². The van der Waals surface area contributed by atoms with Crippen LogP contribution in [0.15, 0.2) is 52.1 Å². The summed E-state index contributed by atoms with van der Waals surface area (Å²) in [5.41, 5.74) is 1.17. The molecular weight excluding hydrogens is 382 g/mol. The highest BCUT2D eigenvalue weighted by Gasteiger charge is 2.26. The second-order valence-corrected chi connectivity index (χ2v) is 9.89. The smallest absolute Gasteiger partial charge is 0.252 e. The van der Waals surface area contributed by atoms with Gasteiger partial charge in [-0.1, -0.05) is 36.4 Å². The number of likely N-dealkylation sites (N-methyl/N-ethyl adjacent to an activating group) is 1. The lowest BCUT2D eigenvalue weighted by molar-refractivity contribution is -0.121. The fourth-order valence-electron chi connectivity index (χ4n) is 3.30. The number of hydrogen-bond acceptors (Lipinski definition) is 5. The van der Waals surface area contributed by atoms with Crippen LogP contribution in [0, 0.1) is 0 Å². The second kappa shape index (κ2) is 8.97. The zero-order valence-corrected chi connectivity index (χ0v) is 17.0. The van der Waals surface area contributed by atoms with Crippen molar-refractivity contribution in [3.05, 3.63) is 53.4 Å². The van der Waals surface area contributed by atoms with Crippen LogP contribution in [-0.2, 0) is 14.8 Å². The van der Waals surface area contributed by atoms with Crippen LogP contribution in [0.1, 0.15) is 24.4 Å². The molecule has 1 aromatic heterocycles. The predicted molar refractivity (Wildman–Crippen MR) is 107 cm³/mol. The fraction of sp³-hybridized carbons (Fsp3) is 0.421. The Balaban J connectivity index is 1.61. The maximum atomic E-state index is 12.4. The Morgan fingerprint density at radius 3 is 2.52 bits per heavy atom. The first-order valence-electron chi connectivity index (χ1n) is 9.04. The Labute approximate surface area is 164 Å². The summed E-state index contributed by atoms with van der Waals surface area (Å²) in [6.45, 7) is 2.31. The van der Waals surface area contributed by atoms with Crippen LogP contribution in [0.3, 0.4) is 0 Å². The summed E-state index contributed by atoms with van der Waals surface area (Å²) >= 11 is 1.15. The number of likely N-dealkylation sites (tertiary alicyclic amines) is 1. The van der Waals surface area contributed by atoms with Gasteiger partial charge in [0.25, 0.3) is 10.0 Å². The zero-order chi connectivity index (χ0) is 19.3. The molecule has 27 heavy (non-hydrogen) atoms. The lowest BCUT2D eigenvalue weighted by Crippen LogP contribution is -2.42. The largest absolute Gasteiger partial charge is 0.353 e. The molecule has 0 spiro atoms. The molecule has 6 nitrogen and oxygen atoms in total. The van der Waals surface area contributed by atoms with E-state index in [1.807, 2.05) is 18.2 Å². The van der Waals surface area contributed by atoms with Crippen molar-refractivity contribution < 1.29 is 13.2 Å². The number of nitrogens with zero attached hydrogens (tertiary/aromatic N) is 2. The first-order valence-corrected chi connectivity index (χ1v) is 11.4. The van der Waals surface area contributed by atoms with E-state index in [0.717, 1.165) is 28.7 Å². The summed E-state index contributed by atoms with van der Waals surface area (Å²) in [5, 5.41) is 4.63. The van der Waals surface area contributed by atoms with Crippen molar-refractivity contribution in [2.75, 3.05) is 33.2 Å². The Morgan fingerprint density at radius 2 is 1.89 bits per heavy atom. The number of nitrogens with one attached hydrogen (secondary N) is 1. The minimum Gasteiger partial charge on any atom is -0.353 e. The van der Waals surface area contributed by atoms with Crippen molar-refractivity contribution in [3.8, 4) is 0 Å². The van der Waals surface area contributed by atoms with Crippen LogP contribution in [0.5, 0.6) is 0 Å². The van der Waals surface area contributed by atoms with E-state index in [1.54, 1.807) is 17.5 Å². The van der Waals surface area contributed by atoms with Crippen molar-refractivity contribution in [1.29, 1.82) is 0 Å². The molecular formula is C19H25N3O3S2. The number of carbonyl (C=O) groups excluding carboxylic acids is 1. The molecule has 2 aromatic rings. The maximum absolute atomic E-state index is 12.4. The molecule has 1 amide bonds. The lowest BCUT2D eigenvalue weighted by Gasteiger charge is -2.28. The minimum atomic E-state index is -3.62. The van der Waals surface area contributed by atoms with Crippen molar-refractivity contribution in [2.45, 2.75) is 23.1 Å². The van der Waals surface area contributed by atoms with Gasteiger partial charge in [0, 0.05) is 13.6 Å². The van der Waals surface area contributed by atoms with Gasteiger partial charge >= 0.3 is 0 Å². The third kappa shape index (κ3) is 4.95. The highest BCUT2D eigenvalue weighted by molar-refractivity contribution is 7.91. The predicted octanol–water partition coefficient (Wildman–Crippen LogP) is 2.32. The van der Waals surface area contributed by atoms with Crippen LogP contribution in [0.25, 0.3) is 0 Å². The topological polar surface area (TPSA) is 69.7 Å². The molecule has 0 aliphatic carbocycles. The molecule has 1 atom stereocenters. The molecule has 1 saturated heterocycles. The van der Waals surface area contributed by atoms with Crippen LogP contribution in [-0.4, -0.2) is 56.8 Å². The van der Waals surface area contributed by atoms with Crippen LogP contribution >= 0.6 is 11.3 Å². The third-order valence-electron chi connectivity index (χ3n) is 4.78. The molecule has 146 valence electrons. The summed E-state index contributed by atoms with van der Waals surface area (Å²) < 4.78 is 26.2. The molecule has 0 radical (unpaired) electrons. The van der Waals surface area contributed by atoms with Crippen LogP contribution in [0.4, 0.5) is 0 Å². The van der Waals surface area contributed by atoms with Gasteiger partial charge in [-0.15, -0.1) is 11.3 Å². The summed E-state index contributed by atoms with van der Waals surface area (Å²) in [7, 11) is -2.18. The number of amides is 1. The van der Waals surface area contributed by atoms with E-state index in [9.17, 15) is 13.2 Å². The van der Waals surface area contributed by atoms with E-state index in [2.05, 4.69) is 22.3 Å². The van der Waals surface area contributed by atoms with Crippen molar-refractivity contribution in [1.82, 2.24) is 14.5 Å². The Morgan fingerprint density at radius 1 is 1.19 bits per heavy atom. The Kier molecular flexibility index (Phi) is 6.64. The number of carbonyl (C=O) groups is 1. The number of benzene rings is 1. The van der Waals surface area contributed by atoms with Gasteiger partial charge in [-0.2, -0.15) is 4.31 Å². The second-order valence-electron chi connectivity index (χ2n) is 6.67. The van der Waals surface area contributed by atoms with E-state index in [4.69, 9.17) is 0 Å². The molecule has 1 N–H and O–H groups in total. The first kappa shape index (κ1) is 20.0. The van der Waals surface area contributed by atoms with Crippen LogP contribution in [0.2, 0.25) is 0 Å². The Hall–Kier alpha value is -1.74. The SMILES string of the molecule is CN(CC(=O)NCC(c1ccccc1)N1CCCC1)S(=O)(=O)c1cccs1. The van der Waals surface area contributed by atoms with Gasteiger partial charge in [-0.3, -0.25) is 9.69 Å². The number of hydrogen-bond donors (Lipinski definition) is 1. The van der Waals surface area contributed by atoms with E-state index in [0.29, 0.717) is 6.54 Å². The molecule has 1 fully saturated rings. The highest BCUT2D eigenvalue weighted by Crippen LogP contribution is 2.24. The van der Waals surface area contributed by atoms with Gasteiger partial charge in [0.1, 0.15) is 4.21 Å². The molecule has 0 bridgehead atoms. The van der Waals surface area contributed by atoms with E-state index >= 15 is 0 Å². The fourth-order valence-corrected chi connectivity index (χ4v) is 5.63. The van der Waals surface area contributed by atoms with E-state index in [-0.39, 0.29) is 22.7 Å². The van der Waals surface area contributed by atoms with Crippen molar-refractivity contribution >= 4 is 27.3 Å². The molecule has 8 heteroatoms. The van der Waals surface area contributed by atoms with Crippen molar-refractivity contribution in [2.24, 2.45) is 0 Å². The zero-order valence-electron chi connectivity index (χ0n) is 15.4. The van der Waals surface area contributed by atoms with E-state index < -0.39 is 10.0 Å². The minimum absolute atomic E-state index is 0.108. The van der Waals surface area contributed by atoms with Gasteiger partial charge in [0.2, 0.25) is 5.91 Å². The molecule has 3 rings (SSSR count). The lowest BCUT2D eigenvalue weighted by atomic mass is 10.1. The average molecular weight is 408 g/mol. The molecule has 1 aliphatic rings. The van der Waals surface area contributed by atoms with Gasteiger partial charge in [-0.25, -0.2) is 8.42 Å². The molecule has 1 aromatic carbocycles. The van der Waals surface area contributed by atoms with Gasteiger partial charge in [0.15, 0.2) is 0 Å². The molecule has 0 saturated carbocycles. The number of sulfonamides is 1. The summed E-state index contributed by atoms with van der Waals surface area (Å²) in [6, 6.07) is 13.5. The summed E-state index contributed by atoms with van der Waals surface area (Å²) in [6.07, 6.45) is 2.33. The van der Waals surface area contributed by atoms with Gasteiger partial charge in [0.05, 0.1) is 12.6 Å². The first-order chi connectivity index (χ1) is 13.0. The monoisotopic (exact) mass is 407 g/mol. The summed E-state index contributed by atoms with van der Waals surface area (Å²) in [4.78, 5) is 14.8. The van der Waals surface area contributed by atoms with Crippen molar-refractivity contribution in [3.63, 3.8) is 0 Å². The number of thiophene rings is 1. The quantitative estimate of drug-likeness (QED) is 0.729. The third-order valence-corrected chi connectivity index (χ3v) is 7.96. The Bertz CT molecular complexity index is 832. The standard InChI is InChI=1S/C19H25N3O3S2/c1-21(27(24,25)19-10-7-13-26-19)15-18(23)20-14-17(22-11-5-6-12-22)16-8-3-2-4-9-16/h2-4,7-10,13,17H,5-6,11-12,14-15H2,1H3,(H,20,23). The molecule has 2 heterocycles. The summed E-state index contributed by atoms with van der Waals surface area (Å²) in [5.74, 6) is -0.294. The molecule has 1 unspecified atom stereocenters.